The number of amides is 1. The Labute approximate surface area is 164 Å². The van der Waals surface area contributed by atoms with Gasteiger partial charge in [0.1, 0.15) is 11.5 Å². The van der Waals surface area contributed by atoms with Gasteiger partial charge in [-0.15, -0.1) is 0 Å². The summed E-state index contributed by atoms with van der Waals surface area (Å²) < 4.78 is 10.5. The van der Waals surface area contributed by atoms with E-state index in [1.165, 1.54) is 17.3 Å². The highest BCUT2D eigenvalue weighted by molar-refractivity contribution is 6.05. The number of carbonyl (C=O) groups excluding carboxylic acids is 1. The third kappa shape index (κ3) is 4.40. The largest absolute Gasteiger partial charge is 0.497 e. The lowest BCUT2D eigenvalue weighted by atomic mass is 10.1. The third-order valence-corrected chi connectivity index (χ3v) is 4.45. The first-order chi connectivity index (χ1) is 13.5. The summed E-state index contributed by atoms with van der Waals surface area (Å²) in [4.78, 5) is 16.9. The van der Waals surface area contributed by atoms with Crippen LogP contribution in [0.4, 0.5) is 17.1 Å². The fraction of sp³-hybridized carbons (Fsp3) is 0.182. The van der Waals surface area contributed by atoms with Gasteiger partial charge in [0.15, 0.2) is 0 Å². The van der Waals surface area contributed by atoms with E-state index in [1.807, 2.05) is 6.07 Å². The first-order valence-electron chi connectivity index (χ1n) is 8.83. The van der Waals surface area contributed by atoms with Crippen molar-refractivity contribution in [2.45, 2.75) is 13.8 Å². The van der Waals surface area contributed by atoms with E-state index in [9.17, 15) is 4.79 Å². The molecule has 0 aliphatic carbocycles. The van der Waals surface area contributed by atoms with E-state index < -0.39 is 0 Å². The van der Waals surface area contributed by atoms with Gasteiger partial charge >= 0.3 is 0 Å². The van der Waals surface area contributed by atoms with Crippen LogP contribution >= 0.6 is 0 Å². The van der Waals surface area contributed by atoms with E-state index in [4.69, 9.17) is 9.47 Å². The van der Waals surface area contributed by atoms with Crippen molar-refractivity contribution in [3.05, 3.63) is 71.5 Å². The molecule has 0 saturated carbocycles. The molecule has 1 amide bonds. The highest BCUT2D eigenvalue weighted by Gasteiger charge is 2.12. The van der Waals surface area contributed by atoms with Gasteiger partial charge in [-0.2, -0.15) is 0 Å². The van der Waals surface area contributed by atoms with Gasteiger partial charge in [-0.25, -0.2) is 0 Å². The number of anilines is 3. The zero-order chi connectivity index (χ0) is 20.1. The van der Waals surface area contributed by atoms with Crippen molar-refractivity contribution in [2.24, 2.45) is 0 Å². The number of rotatable bonds is 6. The van der Waals surface area contributed by atoms with Crippen molar-refractivity contribution in [1.29, 1.82) is 0 Å². The lowest BCUT2D eigenvalue weighted by Gasteiger charge is -2.13. The molecule has 0 aliphatic rings. The molecule has 0 saturated heterocycles. The Morgan fingerprint density at radius 1 is 0.893 bits per heavy atom. The van der Waals surface area contributed by atoms with Gasteiger partial charge in [-0.05, 0) is 55.3 Å². The molecule has 144 valence electrons. The summed E-state index contributed by atoms with van der Waals surface area (Å²) in [6.07, 6.45) is 3.20. The van der Waals surface area contributed by atoms with Gasteiger partial charge in [-0.3, -0.25) is 9.78 Å². The first kappa shape index (κ1) is 19.2. The molecule has 0 bridgehead atoms. The summed E-state index contributed by atoms with van der Waals surface area (Å²) in [5.74, 6) is 0.883. The van der Waals surface area contributed by atoms with Crippen LogP contribution < -0.4 is 20.1 Å². The summed E-state index contributed by atoms with van der Waals surface area (Å²) in [6, 6.07) is 13.1. The normalized spacial score (nSPS) is 10.3. The second-order valence-electron chi connectivity index (χ2n) is 6.41. The smallest absolute Gasteiger partial charge is 0.257 e. The first-order valence-corrected chi connectivity index (χ1v) is 8.83. The number of methoxy groups -OCH3 is 2. The molecule has 0 atom stereocenters. The van der Waals surface area contributed by atoms with Crippen LogP contribution in [0.3, 0.4) is 0 Å². The number of hydrogen-bond acceptors (Lipinski definition) is 5. The van der Waals surface area contributed by atoms with Crippen molar-refractivity contribution < 1.29 is 14.3 Å². The standard InChI is InChI=1S/C22H23N3O3/c1-14-5-6-17(9-15(14)2)24-18-10-16(12-23-13-18)22(26)25-20-11-19(27-3)7-8-21(20)28-4/h5-13,24H,1-4H3,(H,25,26). The summed E-state index contributed by atoms with van der Waals surface area (Å²) in [5, 5.41) is 6.13. The fourth-order valence-corrected chi connectivity index (χ4v) is 2.72. The number of ether oxygens (including phenoxy) is 2. The zero-order valence-electron chi connectivity index (χ0n) is 16.4. The predicted molar refractivity (Wildman–Crippen MR) is 111 cm³/mol. The van der Waals surface area contributed by atoms with E-state index in [2.05, 4.69) is 41.6 Å². The summed E-state index contributed by atoms with van der Waals surface area (Å²) in [6.45, 7) is 4.13. The van der Waals surface area contributed by atoms with Gasteiger partial charge in [0.05, 0.1) is 37.4 Å². The molecule has 0 unspecified atom stereocenters. The molecule has 1 aromatic heterocycles. The van der Waals surface area contributed by atoms with E-state index >= 15 is 0 Å². The number of aryl methyl sites for hydroxylation is 2. The van der Waals surface area contributed by atoms with Crippen LogP contribution in [-0.4, -0.2) is 25.1 Å². The van der Waals surface area contributed by atoms with Crippen LogP contribution in [0.5, 0.6) is 11.5 Å². The summed E-state index contributed by atoms with van der Waals surface area (Å²) in [7, 11) is 3.12. The minimum atomic E-state index is -0.289. The Bertz CT molecular complexity index is 1000. The molecule has 1 heterocycles. The lowest BCUT2D eigenvalue weighted by Crippen LogP contribution is -2.13. The number of aromatic nitrogens is 1. The number of nitrogens with one attached hydrogen (secondary N) is 2. The van der Waals surface area contributed by atoms with E-state index in [-0.39, 0.29) is 5.91 Å². The number of carbonyl (C=O) groups is 1. The van der Waals surface area contributed by atoms with Gasteiger partial charge in [0.2, 0.25) is 0 Å². The average Bonchev–Trinajstić information content (AvgIpc) is 2.71. The van der Waals surface area contributed by atoms with Crippen LogP contribution in [0.2, 0.25) is 0 Å². The van der Waals surface area contributed by atoms with Crippen LogP contribution in [0, 0.1) is 13.8 Å². The monoisotopic (exact) mass is 377 g/mol. The van der Waals surface area contributed by atoms with Crippen LogP contribution in [-0.2, 0) is 0 Å². The zero-order valence-corrected chi connectivity index (χ0v) is 16.4. The molecule has 6 heteroatoms. The van der Waals surface area contributed by atoms with Crippen molar-refractivity contribution in [3.8, 4) is 11.5 Å². The summed E-state index contributed by atoms with van der Waals surface area (Å²) >= 11 is 0. The Balaban J connectivity index is 1.80. The Morgan fingerprint density at radius 3 is 2.43 bits per heavy atom. The molecule has 28 heavy (non-hydrogen) atoms. The lowest BCUT2D eigenvalue weighted by molar-refractivity contribution is 0.102. The number of pyridine rings is 1. The van der Waals surface area contributed by atoms with Crippen molar-refractivity contribution >= 4 is 23.0 Å². The van der Waals surface area contributed by atoms with Crippen molar-refractivity contribution in [3.63, 3.8) is 0 Å². The Kier molecular flexibility index (Phi) is 5.79. The summed E-state index contributed by atoms with van der Waals surface area (Å²) in [5.41, 5.74) is 5.05. The maximum absolute atomic E-state index is 12.7. The van der Waals surface area contributed by atoms with Crippen LogP contribution in [0.25, 0.3) is 0 Å². The van der Waals surface area contributed by atoms with Crippen LogP contribution in [0.15, 0.2) is 54.9 Å². The molecule has 3 rings (SSSR count). The molecule has 2 N–H and O–H groups in total. The fourth-order valence-electron chi connectivity index (χ4n) is 2.72. The molecule has 0 radical (unpaired) electrons. The second-order valence-corrected chi connectivity index (χ2v) is 6.41. The number of nitrogens with zero attached hydrogens (tertiary/aromatic N) is 1. The minimum absolute atomic E-state index is 0.289. The molecule has 0 aliphatic heterocycles. The number of hydrogen-bond donors (Lipinski definition) is 2. The van der Waals surface area contributed by atoms with Gasteiger partial charge in [0.25, 0.3) is 5.91 Å². The average molecular weight is 377 g/mol. The van der Waals surface area contributed by atoms with Gasteiger partial charge < -0.3 is 20.1 Å². The second kappa shape index (κ2) is 8.43. The highest BCUT2D eigenvalue weighted by atomic mass is 16.5. The minimum Gasteiger partial charge on any atom is -0.497 e. The molecule has 0 fully saturated rings. The SMILES string of the molecule is COc1ccc(OC)c(NC(=O)c2cncc(Nc3ccc(C)c(C)c3)c2)c1. The molecule has 3 aromatic rings. The van der Waals surface area contributed by atoms with Gasteiger partial charge in [-0.1, -0.05) is 6.07 Å². The Morgan fingerprint density at radius 2 is 1.71 bits per heavy atom. The predicted octanol–water partition coefficient (Wildman–Crippen LogP) is 4.71. The quantitative estimate of drug-likeness (QED) is 0.651. The third-order valence-electron chi connectivity index (χ3n) is 4.45. The molecular weight excluding hydrogens is 354 g/mol. The topological polar surface area (TPSA) is 72.5 Å². The highest BCUT2D eigenvalue weighted by Crippen LogP contribution is 2.29. The maximum Gasteiger partial charge on any atom is 0.257 e. The molecule has 6 nitrogen and oxygen atoms in total. The van der Waals surface area contributed by atoms with Crippen LogP contribution in [0.1, 0.15) is 21.5 Å². The van der Waals surface area contributed by atoms with Crippen molar-refractivity contribution in [1.82, 2.24) is 4.98 Å². The van der Waals surface area contributed by atoms with E-state index in [0.29, 0.717) is 22.7 Å². The molecule has 0 spiro atoms. The van der Waals surface area contributed by atoms with Crippen molar-refractivity contribution in [2.75, 3.05) is 24.9 Å². The van der Waals surface area contributed by atoms with E-state index in [1.54, 1.807) is 44.7 Å². The molecular formula is C22H23N3O3. The molecule has 2 aromatic carbocycles. The Hall–Kier alpha value is -3.54. The van der Waals surface area contributed by atoms with E-state index in [0.717, 1.165) is 11.4 Å². The number of benzene rings is 2. The van der Waals surface area contributed by atoms with Gasteiger partial charge in [0, 0.05) is 18.0 Å². The maximum atomic E-state index is 12.7.